The summed E-state index contributed by atoms with van der Waals surface area (Å²) < 4.78 is 11.3. The van der Waals surface area contributed by atoms with Gasteiger partial charge in [0.25, 0.3) is 0 Å². The van der Waals surface area contributed by atoms with Gasteiger partial charge >= 0.3 is 0 Å². The number of carboxylic acid groups (broad SMARTS) is 1. The lowest BCUT2D eigenvalue weighted by Crippen LogP contribution is -2.21. The summed E-state index contributed by atoms with van der Waals surface area (Å²) in [5.41, 5.74) is 1.45. The normalized spacial score (nSPS) is 10.5. The second-order valence-electron chi connectivity index (χ2n) is 5.14. The van der Waals surface area contributed by atoms with E-state index in [9.17, 15) is 9.90 Å². The molecular weight excluding hydrogens is 328 g/mol. The van der Waals surface area contributed by atoms with Gasteiger partial charge in [-0.15, -0.1) is 0 Å². The number of nitrogens with zero attached hydrogens (tertiary/aromatic N) is 1. The zero-order valence-corrected chi connectivity index (χ0v) is 14.9. The van der Waals surface area contributed by atoms with Gasteiger partial charge in [0.15, 0.2) is 16.6 Å². The van der Waals surface area contributed by atoms with Crippen LogP contribution in [0.2, 0.25) is 0 Å². The van der Waals surface area contributed by atoms with Crippen LogP contribution in [0.15, 0.2) is 18.2 Å². The largest absolute Gasteiger partial charge is 0.544 e. The maximum absolute atomic E-state index is 11.0. The quantitative estimate of drug-likeness (QED) is 0.749. The molecule has 0 atom stereocenters. The van der Waals surface area contributed by atoms with E-state index in [0.717, 1.165) is 29.1 Å². The number of carbonyl (C=O) groups is 1. The molecule has 0 spiro atoms. The van der Waals surface area contributed by atoms with Crippen LogP contribution in [0, 0.1) is 6.92 Å². The monoisotopic (exact) mass is 349 g/mol. The number of anilines is 1. The summed E-state index contributed by atoms with van der Waals surface area (Å²) in [4.78, 5) is 15.3. The highest BCUT2D eigenvalue weighted by molar-refractivity contribution is 7.17. The highest BCUT2D eigenvalue weighted by Crippen LogP contribution is 2.29. The number of benzene rings is 1. The predicted molar refractivity (Wildman–Crippen MR) is 91.9 cm³/mol. The first-order valence-corrected chi connectivity index (χ1v) is 8.68. The Hall–Kier alpha value is -2.28. The number of hydrogen-bond acceptors (Lipinski definition) is 7. The number of ether oxygens (including phenoxy) is 2. The average molecular weight is 349 g/mol. The fourth-order valence-corrected chi connectivity index (χ4v) is 2.90. The van der Waals surface area contributed by atoms with Crippen molar-refractivity contribution in [1.82, 2.24) is 4.98 Å². The summed E-state index contributed by atoms with van der Waals surface area (Å²) in [5, 5.41) is 14.6. The summed E-state index contributed by atoms with van der Waals surface area (Å²) in [6, 6.07) is 5.75. The second kappa shape index (κ2) is 8.54. The lowest BCUT2D eigenvalue weighted by atomic mass is 10.2. The molecule has 1 aromatic carbocycles. The van der Waals surface area contributed by atoms with Crippen molar-refractivity contribution in [2.75, 3.05) is 18.5 Å². The first-order chi connectivity index (χ1) is 11.5. The van der Waals surface area contributed by atoms with E-state index in [2.05, 4.69) is 17.2 Å². The van der Waals surface area contributed by atoms with E-state index >= 15 is 0 Å². The Morgan fingerprint density at radius 3 is 2.71 bits per heavy atom. The zero-order chi connectivity index (χ0) is 17.5. The molecule has 0 amide bonds. The molecule has 130 valence electrons. The van der Waals surface area contributed by atoms with Gasteiger partial charge in [0.1, 0.15) is 0 Å². The molecule has 0 bridgehead atoms. The highest BCUT2D eigenvalue weighted by atomic mass is 32.1. The van der Waals surface area contributed by atoms with Crippen LogP contribution in [0.5, 0.6) is 11.5 Å². The molecule has 0 radical (unpaired) electrons. The Balaban J connectivity index is 2.07. The van der Waals surface area contributed by atoms with Crippen LogP contribution in [0.4, 0.5) is 5.13 Å². The number of aryl methyl sites for hydroxylation is 1. The molecule has 1 heterocycles. The molecule has 7 heteroatoms. The molecule has 0 aliphatic rings. The van der Waals surface area contributed by atoms with Gasteiger partial charge in [-0.25, -0.2) is 4.98 Å². The Labute approximate surface area is 145 Å². The minimum atomic E-state index is -1.20. The van der Waals surface area contributed by atoms with E-state index < -0.39 is 5.97 Å². The molecule has 0 fully saturated rings. The first-order valence-electron chi connectivity index (χ1n) is 7.86. The molecule has 24 heavy (non-hydrogen) atoms. The Morgan fingerprint density at radius 1 is 1.29 bits per heavy atom. The summed E-state index contributed by atoms with van der Waals surface area (Å²) in [6.45, 7) is 7.33. The number of aromatic carboxylic acids is 1. The van der Waals surface area contributed by atoms with Gasteiger partial charge in [0, 0.05) is 6.54 Å². The summed E-state index contributed by atoms with van der Waals surface area (Å²) in [6.07, 6.45) is 0.930. The Kier molecular flexibility index (Phi) is 6.43. The van der Waals surface area contributed by atoms with Gasteiger partial charge in [0.2, 0.25) is 0 Å². The minimum Gasteiger partial charge on any atom is -0.544 e. The number of carboxylic acids is 1. The molecule has 6 nitrogen and oxygen atoms in total. The number of nitrogens with one attached hydrogen (secondary N) is 1. The lowest BCUT2D eigenvalue weighted by Gasteiger charge is -2.13. The molecular formula is C17H21N2O4S-. The molecule has 2 aromatic rings. The molecule has 0 unspecified atom stereocenters. The van der Waals surface area contributed by atoms with Crippen molar-refractivity contribution in [3.8, 4) is 11.5 Å². The van der Waals surface area contributed by atoms with Gasteiger partial charge < -0.3 is 24.7 Å². The smallest absolute Gasteiger partial charge is 0.183 e. The maximum atomic E-state index is 11.0. The van der Waals surface area contributed by atoms with E-state index in [0.29, 0.717) is 36.3 Å². The molecule has 1 N–H and O–H groups in total. The third kappa shape index (κ3) is 4.61. The van der Waals surface area contributed by atoms with Gasteiger partial charge in [-0.2, -0.15) is 0 Å². The Bertz CT molecular complexity index is 700. The van der Waals surface area contributed by atoms with Crippen molar-refractivity contribution in [3.63, 3.8) is 0 Å². The standard InChI is InChI=1S/C17H22N2O4S/c1-4-8-23-13-7-6-12(9-14(13)22-5-2)10-18-17-19-11(3)15(24-17)16(20)21/h6-7,9H,4-5,8,10H2,1-3H3,(H,18,19)(H,20,21)/p-1. The Morgan fingerprint density at radius 2 is 2.08 bits per heavy atom. The van der Waals surface area contributed by atoms with Crippen LogP contribution in [-0.4, -0.2) is 24.2 Å². The maximum Gasteiger partial charge on any atom is 0.183 e. The van der Waals surface area contributed by atoms with E-state index in [-0.39, 0.29) is 4.88 Å². The van der Waals surface area contributed by atoms with Crippen LogP contribution >= 0.6 is 11.3 Å². The van der Waals surface area contributed by atoms with E-state index in [4.69, 9.17) is 9.47 Å². The predicted octanol–water partition coefficient (Wildman–Crippen LogP) is 2.61. The van der Waals surface area contributed by atoms with Crippen LogP contribution in [0.3, 0.4) is 0 Å². The van der Waals surface area contributed by atoms with Crippen LogP contribution in [0.25, 0.3) is 0 Å². The van der Waals surface area contributed by atoms with E-state index in [1.807, 2.05) is 25.1 Å². The van der Waals surface area contributed by atoms with E-state index in [1.165, 1.54) is 0 Å². The fraction of sp³-hybridized carbons (Fsp3) is 0.412. The summed E-state index contributed by atoms with van der Waals surface area (Å²) in [5.74, 6) is 0.233. The fourth-order valence-electron chi connectivity index (χ4n) is 2.10. The highest BCUT2D eigenvalue weighted by Gasteiger charge is 2.10. The van der Waals surface area contributed by atoms with Gasteiger partial charge in [0.05, 0.1) is 29.8 Å². The van der Waals surface area contributed by atoms with Crippen molar-refractivity contribution in [2.24, 2.45) is 0 Å². The lowest BCUT2D eigenvalue weighted by molar-refractivity contribution is -0.254. The second-order valence-corrected chi connectivity index (χ2v) is 6.14. The third-order valence-corrected chi connectivity index (χ3v) is 4.29. The van der Waals surface area contributed by atoms with Crippen molar-refractivity contribution in [2.45, 2.75) is 33.7 Å². The van der Waals surface area contributed by atoms with Crippen molar-refractivity contribution in [1.29, 1.82) is 0 Å². The van der Waals surface area contributed by atoms with Gasteiger partial charge in [-0.3, -0.25) is 0 Å². The van der Waals surface area contributed by atoms with Gasteiger partial charge in [-0.1, -0.05) is 24.3 Å². The van der Waals surface area contributed by atoms with Gasteiger partial charge in [-0.05, 0) is 38.0 Å². The number of carbonyl (C=O) groups excluding carboxylic acids is 1. The van der Waals surface area contributed by atoms with Crippen LogP contribution < -0.4 is 19.9 Å². The molecule has 0 saturated carbocycles. The molecule has 2 rings (SSSR count). The first kappa shape index (κ1) is 18.1. The SMILES string of the molecule is CCCOc1ccc(CNc2nc(C)c(C(=O)[O-])s2)cc1OCC. The zero-order valence-electron chi connectivity index (χ0n) is 14.0. The summed E-state index contributed by atoms with van der Waals surface area (Å²) in [7, 11) is 0. The molecule has 0 aliphatic carbocycles. The van der Waals surface area contributed by atoms with Crippen molar-refractivity contribution >= 4 is 22.4 Å². The topological polar surface area (TPSA) is 83.5 Å². The molecule has 1 aromatic heterocycles. The summed E-state index contributed by atoms with van der Waals surface area (Å²) >= 11 is 1.08. The molecule has 0 aliphatic heterocycles. The van der Waals surface area contributed by atoms with Crippen molar-refractivity contribution < 1.29 is 19.4 Å². The number of thiazole rings is 1. The van der Waals surface area contributed by atoms with Crippen molar-refractivity contribution in [3.05, 3.63) is 34.3 Å². The number of rotatable bonds is 9. The van der Waals surface area contributed by atoms with E-state index in [1.54, 1.807) is 6.92 Å². The molecule has 0 saturated heterocycles. The minimum absolute atomic E-state index is 0.149. The third-order valence-electron chi connectivity index (χ3n) is 3.20. The number of hydrogen-bond donors (Lipinski definition) is 1. The number of aromatic nitrogens is 1. The van der Waals surface area contributed by atoms with Crippen LogP contribution in [0.1, 0.15) is 41.2 Å². The average Bonchev–Trinajstić information content (AvgIpc) is 2.93. The van der Waals surface area contributed by atoms with Crippen LogP contribution in [-0.2, 0) is 6.54 Å².